The van der Waals surface area contributed by atoms with Crippen molar-refractivity contribution in [2.45, 2.75) is 18.9 Å². The summed E-state index contributed by atoms with van der Waals surface area (Å²) in [5.74, 6) is -3.18. The first kappa shape index (κ1) is 20.7. The molecule has 1 fully saturated rings. The van der Waals surface area contributed by atoms with E-state index in [0.717, 1.165) is 0 Å². The molecule has 0 bridgehead atoms. The van der Waals surface area contributed by atoms with Crippen LogP contribution in [0.4, 0.5) is 10.5 Å². The van der Waals surface area contributed by atoms with E-state index < -0.39 is 42.8 Å². The molecule has 3 amide bonds. The molecule has 0 radical (unpaired) electrons. The summed E-state index contributed by atoms with van der Waals surface area (Å²) in [5.41, 5.74) is 6.51. The molecule has 0 saturated carbocycles. The highest BCUT2D eigenvalue weighted by molar-refractivity contribution is 5.98. The second-order valence-electron chi connectivity index (χ2n) is 6.28. The number of hydrogen-bond acceptors (Lipinski definition) is 5. The molecule has 0 spiro atoms. The minimum atomic E-state index is -1.23. The number of nitrogens with one attached hydrogen (secondary N) is 2. The number of carbonyl (C=O) groups is 4. The number of benzene rings is 1. The number of nitrogens with zero attached hydrogens (tertiary/aromatic N) is 2. The van der Waals surface area contributed by atoms with Gasteiger partial charge in [0.25, 0.3) is 0 Å². The summed E-state index contributed by atoms with van der Waals surface area (Å²) >= 11 is 0. The van der Waals surface area contributed by atoms with Crippen LogP contribution in [-0.2, 0) is 14.4 Å². The topological polar surface area (TPSA) is 177 Å². The third kappa shape index (κ3) is 5.43. The van der Waals surface area contributed by atoms with Gasteiger partial charge in [-0.3, -0.25) is 24.7 Å². The fourth-order valence-corrected chi connectivity index (χ4v) is 2.83. The number of urea groups is 1. The maximum Gasteiger partial charge on any atom is 0.325 e. The van der Waals surface area contributed by atoms with Crippen LogP contribution in [0.3, 0.4) is 0 Å². The highest BCUT2D eigenvalue weighted by Gasteiger charge is 2.31. The molecule has 0 aliphatic carbocycles. The van der Waals surface area contributed by atoms with Crippen molar-refractivity contribution >= 4 is 35.4 Å². The summed E-state index contributed by atoms with van der Waals surface area (Å²) in [6.45, 7) is 0.319. The van der Waals surface area contributed by atoms with E-state index >= 15 is 0 Å². The average Bonchev–Trinajstić information content (AvgIpc) is 2.94. The first-order valence-corrected chi connectivity index (χ1v) is 8.41. The van der Waals surface area contributed by atoms with Gasteiger partial charge in [-0.1, -0.05) is 0 Å². The second kappa shape index (κ2) is 8.84. The van der Waals surface area contributed by atoms with Gasteiger partial charge in [0.2, 0.25) is 5.91 Å². The number of anilines is 1. The van der Waals surface area contributed by atoms with E-state index in [0.29, 0.717) is 17.8 Å². The zero-order valence-electron chi connectivity index (χ0n) is 14.9. The van der Waals surface area contributed by atoms with Gasteiger partial charge in [-0.05, 0) is 24.3 Å². The number of amidine groups is 1. The van der Waals surface area contributed by atoms with Crippen LogP contribution in [0.2, 0.25) is 0 Å². The van der Waals surface area contributed by atoms with Crippen LogP contribution in [0.25, 0.3) is 0 Å². The molecule has 1 saturated heterocycles. The average molecular weight is 391 g/mol. The third-order valence-corrected chi connectivity index (χ3v) is 4.13. The van der Waals surface area contributed by atoms with Gasteiger partial charge >= 0.3 is 18.0 Å². The zero-order chi connectivity index (χ0) is 20.8. The summed E-state index contributed by atoms with van der Waals surface area (Å²) in [7, 11) is 0. The van der Waals surface area contributed by atoms with Gasteiger partial charge in [0.1, 0.15) is 12.4 Å². The van der Waals surface area contributed by atoms with Crippen molar-refractivity contribution in [3.63, 3.8) is 0 Å². The van der Waals surface area contributed by atoms with Crippen molar-refractivity contribution in [2.75, 3.05) is 24.5 Å². The Labute approximate surface area is 160 Å². The van der Waals surface area contributed by atoms with Crippen LogP contribution in [0, 0.1) is 5.41 Å². The molecule has 0 atom stereocenters. The highest BCUT2D eigenvalue weighted by atomic mass is 16.4. The first-order valence-electron chi connectivity index (χ1n) is 8.41. The zero-order valence-corrected chi connectivity index (χ0v) is 14.9. The van der Waals surface area contributed by atoms with Gasteiger partial charge in [-0.2, -0.15) is 0 Å². The molecule has 1 heterocycles. The van der Waals surface area contributed by atoms with E-state index in [-0.39, 0.29) is 18.9 Å². The maximum absolute atomic E-state index is 12.5. The van der Waals surface area contributed by atoms with E-state index in [1.165, 1.54) is 9.80 Å². The molecule has 11 heteroatoms. The monoisotopic (exact) mass is 391 g/mol. The minimum absolute atomic E-state index is 0.0881. The molecular weight excluding hydrogens is 370 g/mol. The number of hydrogen-bond donors (Lipinski definition) is 5. The summed E-state index contributed by atoms with van der Waals surface area (Å²) in [5, 5.41) is 27.4. The lowest BCUT2D eigenvalue weighted by Gasteiger charge is -2.20. The van der Waals surface area contributed by atoms with E-state index in [2.05, 4.69) is 5.32 Å². The van der Waals surface area contributed by atoms with Gasteiger partial charge in [-0.25, -0.2) is 4.79 Å². The van der Waals surface area contributed by atoms with Crippen LogP contribution in [-0.4, -0.2) is 70.5 Å². The number of nitrogens with two attached hydrogens (primary N) is 1. The predicted octanol–water partition coefficient (Wildman–Crippen LogP) is -0.353. The van der Waals surface area contributed by atoms with Crippen LogP contribution < -0.4 is 16.0 Å². The van der Waals surface area contributed by atoms with E-state index in [1.807, 2.05) is 0 Å². The number of rotatable bonds is 9. The van der Waals surface area contributed by atoms with E-state index in [9.17, 15) is 19.2 Å². The molecule has 11 nitrogen and oxygen atoms in total. The fourth-order valence-electron chi connectivity index (χ4n) is 2.83. The molecule has 1 aromatic rings. The Morgan fingerprint density at radius 3 is 2.18 bits per heavy atom. The van der Waals surface area contributed by atoms with E-state index in [1.54, 1.807) is 24.3 Å². The van der Waals surface area contributed by atoms with Crippen LogP contribution in [0.1, 0.15) is 18.4 Å². The van der Waals surface area contributed by atoms with Gasteiger partial charge in [0.05, 0.1) is 12.8 Å². The SMILES string of the molecule is N=C(N)c1ccc(N2CCN(CC(=O)NC(CC(=O)O)CC(=O)O)C2=O)cc1. The van der Waals surface area contributed by atoms with Crippen molar-refractivity contribution in [3.05, 3.63) is 29.8 Å². The Bertz CT molecular complexity index is 778. The molecule has 1 aliphatic heterocycles. The van der Waals surface area contributed by atoms with Crippen molar-refractivity contribution in [1.29, 1.82) is 5.41 Å². The minimum Gasteiger partial charge on any atom is -0.481 e. The molecule has 1 aliphatic rings. The quantitative estimate of drug-likeness (QED) is 0.282. The smallest absolute Gasteiger partial charge is 0.325 e. The largest absolute Gasteiger partial charge is 0.481 e. The van der Waals surface area contributed by atoms with Crippen LogP contribution in [0.15, 0.2) is 24.3 Å². The van der Waals surface area contributed by atoms with Crippen molar-refractivity contribution < 1.29 is 29.4 Å². The summed E-state index contributed by atoms with van der Waals surface area (Å²) in [6.07, 6.45) is -1.05. The number of aliphatic carboxylic acids is 2. The summed E-state index contributed by atoms with van der Waals surface area (Å²) in [6, 6.07) is 5.06. The molecule has 1 aromatic carbocycles. The van der Waals surface area contributed by atoms with Gasteiger partial charge < -0.3 is 26.2 Å². The molecule has 0 aromatic heterocycles. The van der Waals surface area contributed by atoms with Crippen molar-refractivity contribution in [3.8, 4) is 0 Å². The van der Waals surface area contributed by atoms with Crippen molar-refractivity contribution in [1.82, 2.24) is 10.2 Å². The van der Waals surface area contributed by atoms with Crippen LogP contribution in [0.5, 0.6) is 0 Å². The van der Waals surface area contributed by atoms with E-state index in [4.69, 9.17) is 21.4 Å². The molecule has 28 heavy (non-hydrogen) atoms. The summed E-state index contributed by atoms with van der Waals surface area (Å²) < 4.78 is 0. The van der Waals surface area contributed by atoms with Gasteiger partial charge in [-0.15, -0.1) is 0 Å². The second-order valence-corrected chi connectivity index (χ2v) is 6.28. The Morgan fingerprint density at radius 1 is 1.11 bits per heavy atom. The highest BCUT2D eigenvalue weighted by Crippen LogP contribution is 2.20. The Balaban J connectivity index is 1.96. The third-order valence-electron chi connectivity index (χ3n) is 4.13. The predicted molar refractivity (Wildman–Crippen MR) is 98.2 cm³/mol. The molecule has 0 unspecified atom stereocenters. The van der Waals surface area contributed by atoms with Crippen LogP contribution >= 0.6 is 0 Å². The number of carboxylic acids is 2. The fraction of sp³-hybridized carbons (Fsp3) is 0.353. The summed E-state index contributed by atoms with van der Waals surface area (Å²) in [4.78, 5) is 49.0. The number of carbonyl (C=O) groups excluding carboxylic acids is 2. The molecule has 6 N–H and O–H groups in total. The lowest BCUT2D eigenvalue weighted by Crippen LogP contribution is -2.45. The number of amides is 3. The standard InChI is InChI=1S/C17H21N5O6/c18-16(19)10-1-3-12(4-2-10)22-6-5-21(17(22)28)9-13(23)20-11(7-14(24)25)8-15(26)27/h1-4,11H,5-9H2,(H3,18,19)(H,20,23)(H,24,25)(H,26,27). The van der Waals surface area contributed by atoms with Gasteiger partial charge in [0, 0.05) is 30.4 Å². The number of nitrogen functional groups attached to an aromatic ring is 1. The Kier molecular flexibility index (Phi) is 6.53. The molecule has 150 valence electrons. The lowest BCUT2D eigenvalue weighted by atomic mass is 10.1. The van der Waals surface area contributed by atoms with Crippen molar-refractivity contribution in [2.24, 2.45) is 5.73 Å². The molecular formula is C17H21N5O6. The Hall–Kier alpha value is -3.63. The normalized spacial score (nSPS) is 13.7. The lowest BCUT2D eigenvalue weighted by molar-refractivity contribution is -0.139. The Morgan fingerprint density at radius 2 is 1.68 bits per heavy atom. The van der Waals surface area contributed by atoms with Gasteiger partial charge in [0.15, 0.2) is 0 Å². The molecule has 2 rings (SSSR count). The maximum atomic E-state index is 12.5. The number of carboxylic acid groups (broad SMARTS) is 2. The first-order chi connectivity index (χ1) is 13.2.